The number of allylic oxidation sites excluding steroid dienone is 2. The van der Waals surface area contributed by atoms with Crippen LogP contribution < -0.4 is 10.5 Å². The summed E-state index contributed by atoms with van der Waals surface area (Å²) in [5.74, 6) is -0.412. The smallest absolute Gasteiger partial charge is 0.251 e. The largest absolute Gasteiger partial charge is 0.322 e. The molecule has 104 valence electrons. The monoisotopic (exact) mass is 291 g/mol. The summed E-state index contributed by atoms with van der Waals surface area (Å²) in [7, 11) is -3.76. The zero-order valence-electron chi connectivity index (χ0n) is 10.8. The van der Waals surface area contributed by atoms with Crippen molar-refractivity contribution < 1.29 is 13.2 Å². The highest BCUT2D eigenvalue weighted by atomic mass is 32.2. The molecule has 0 fully saturated rings. The van der Waals surface area contributed by atoms with E-state index in [4.69, 9.17) is 10.4 Å². The molecule has 6 nitrogen and oxygen atoms in total. The summed E-state index contributed by atoms with van der Waals surface area (Å²) in [5, 5.41) is 16.1. The van der Waals surface area contributed by atoms with Crippen LogP contribution in [-0.4, -0.2) is 14.3 Å². The van der Waals surface area contributed by atoms with Crippen LogP contribution in [0.15, 0.2) is 53.0 Å². The Morgan fingerprint density at radius 2 is 1.95 bits per heavy atom. The lowest BCUT2D eigenvalue weighted by molar-refractivity contribution is -0.112. The van der Waals surface area contributed by atoms with E-state index in [1.807, 2.05) is 6.07 Å². The molecule has 3 N–H and O–H groups in total. The molecular weight excluding hydrogens is 278 g/mol. The molecule has 1 aromatic carbocycles. The molecule has 0 heterocycles. The topological polar surface area (TPSA) is 113 Å². The summed E-state index contributed by atoms with van der Waals surface area (Å²) in [4.78, 5) is 11.7. The molecule has 0 unspecified atom stereocenters. The van der Waals surface area contributed by atoms with E-state index in [9.17, 15) is 13.2 Å². The minimum atomic E-state index is -3.76. The molecule has 0 aliphatic heterocycles. The fourth-order valence-electron chi connectivity index (χ4n) is 1.32. The molecular formula is C13H13N3O3S. The Morgan fingerprint density at radius 3 is 2.40 bits per heavy atom. The number of sulfonamides is 1. The summed E-state index contributed by atoms with van der Waals surface area (Å²) in [6.45, 7) is 4.98. The maximum Gasteiger partial charge on any atom is 0.251 e. The normalized spacial score (nSPS) is 11.6. The first-order valence-corrected chi connectivity index (χ1v) is 7.00. The van der Waals surface area contributed by atoms with Gasteiger partial charge in [0, 0.05) is 16.8 Å². The van der Waals surface area contributed by atoms with Gasteiger partial charge in [0.25, 0.3) is 5.91 Å². The number of anilines is 1. The van der Waals surface area contributed by atoms with E-state index in [1.165, 1.54) is 37.3 Å². The van der Waals surface area contributed by atoms with Crippen molar-refractivity contribution >= 4 is 21.6 Å². The van der Waals surface area contributed by atoms with Crippen LogP contribution in [-0.2, 0) is 14.8 Å². The third kappa shape index (κ3) is 4.35. The highest BCUT2D eigenvalue weighted by molar-refractivity contribution is 7.89. The first-order valence-electron chi connectivity index (χ1n) is 5.45. The molecule has 0 saturated carbocycles. The Labute approximate surface area is 117 Å². The first kappa shape index (κ1) is 15.6. The summed E-state index contributed by atoms with van der Waals surface area (Å²) in [6.07, 6.45) is 1.36. The van der Waals surface area contributed by atoms with Crippen molar-refractivity contribution in [2.45, 2.75) is 11.8 Å². The van der Waals surface area contributed by atoms with Crippen LogP contribution in [0.25, 0.3) is 0 Å². The van der Waals surface area contributed by atoms with E-state index in [0.717, 1.165) is 0 Å². The van der Waals surface area contributed by atoms with E-state index in [0.29, 0.717) is 11.3 Å². The van der Waals surface area contributed by atoms with Gasteiger partial charge in [0.15, 0.2) is 0 Å². The standard InChI is InChI=1S/C13H13N3O3S/c1-9(8-14)7-10(2)13(17)16-11-3-5-12(6-4-11)20(15,18)19/h3-7H,1H2,2H3,(H,16,17)(H2,15,18,19)/b10-7+. The molecule has 0 radical (unpaired) electrons. The van der Waals surface area contributed by atoms with Crippen molar-refractivity contribution in [3.05, 3.63) is 48.1 Å². The van der Waals surface area contributed by atoms with Crippen LogP contribution >= 0.6 is 0 Å². The number of amides is 1. The van der Waals surface area contributed by atoms with Gasteiger partial charge in [0.2, 0.25) is 10.0 Å². The minimum absolute atomic E-state index is 0.0411. The first-order chi connectivity index (χ1) is 9.24. The van der Waals surface area contributed by atoms with Gasteiger partial charge in [0.05, 0.1) is 11.0 Å². The maximum atomic E-state index is 11.8. The Hall–Kier alpha value is -2.43. The highest BCUT2D eigenvalue weighted by Gasteiger charge is 2.09. The van der Waals surface area contributed by atoms with Gasteiger partial charge in [-0.25, -0.2) is 13.6 Å². The van der Waals surface area contributed by atoms with Gasteiger partial charge >= 0.3 is 0 Å². The van der Waals surface area contributed by atoms with Crippen molar-refractivity contribution in [3.8, 4) is 6.07 Å². The van der Waals surface area contributed by atoms with E-state index >= 15 is 0 Å². The number of nitriles is 1. The van der Waals surface area contributed by atoms with Gasteiger partial charge in [-0.05, 0) is 37.3 Å². The van der Waals surface area contributed by atoms with Gasteiger partial charge in [0.1, 0.15) is 0 Å². The molecule has 20 heavy (non-hydrogen) atoms. The molecule has 0 aromatic heterocycles. The molecule has 0 aliphatic carbocycles. The minimum Gasteiger partial charge on any atom is -0.322 e. The zero-order chi connectivity index (χ0) is 15.3. The Kier molecular flexibility index (Phi) is 4.80. The van der Waals surface area contributed by atoms with Crippen LogP contribution in [0.2, 0.25) is 0 Å². The third-order valence-corrected chi connectivity index (χ3v) is 3.26. The average molecular weight is 291 g/mol. The van der Waals surface area contributed by atoms with Crippen LogP contribution in [0, 0.1) is 11.3 Å². The second-order valence-corrected chi connectivity index (χ2v) is 5.55. The van der Waals surface area contributed by atoms with Crippen LogP contribution in [0.3, 0.4) is 0 Å². The lowest BCUT2D eigenvalue weighted by atomic mass is 10.2. The van der Waals surface area contributed by atoms with Crippen molar-refractivity contribution in [3.63, 3.8) is 0 Å². The van der Waals surface area contributed by atoms with E-state index in [2.05, 4.69) is 11.9 Å². The van der Waals surface area contributed by atoms with E-state index < -0.39 is 15.9 Å². The molecule has 1 aromatic rings. The Bertz CT molecular complexity index is 710. The fraction of sp³-hybridized carbons (Fsp3) is 0.0769. The van der Waals surface area contributed by atoms with Crippen LogP contribution in [0.4, 0.5) is 5.69 Å². The number of carbonyl (C=O) groups is 1. The Morgan fingerprint density at radius 1 is 1.40 bits per heavy atom. The number of benzene rings is 1. The SMILES string of the molecule is C=C(C#N)/C=C(\C)C(=O)Nc1ccc(S(N)(=O)=O)cc1. The van der Waals surface area contributed by atoms with Crippen molar-refractivity contribution in [2.24, 2.45) is 5.14 Å². The maximum absolute atomic E-state index is 11.8. The molecule has 1 amide bonds. The zero-order valence-corrected chi connectivity index (χ0v) is 11.6. The number of carbonyl (C=O) groups excluding carboxylic acids is 1. The van der Waals surface area contributed by atoms with Crippen molar-refractivity contribution in [1.29, 1.82) is 5.26 Å². The molecule has 0 saturated heterocycles. The van der Waals surface area contributed by atoms with E-state index in [-0.39, 0.29) is 10.5 Å². The summed E-state index contributed by atoms with van der Waals surface area (Å²) >= 11 is 0. The fourth-order valence-corrected chi connectivity index (χ4v) is 1.83. The molecule has 7 heteroatoms. The number of primary sulfonamides is 1. The van der Waals surface area contributed by atoms with Crippen molar-refractivity contribution in [2.75, 3.05) is 5.32 Å². The molecule has 0 spiro atoms. The van der Waals surface area contributed by atoms with E-state index in [1.54, 1.807) is 0 Å². The number of rotatable bonds is 4. The molecule has 0 atom stereocenters. The van der Waals surface area contributed by atoms with Gasteiger partial charge < -0.3 is 5.32 Å². The number of nitrogens with two attached hydrogens (primary N) is 1. The molecule has 0 aliphatic rings. The third-order valence-electron chi connectivity index (χ3n) is 2.33. The lowest BCUT2D eigenvalue weighted by Crippen LogP contribution is -2.14. The Balaban J connectivity index is 2.85. The number of hydrogen-bond donors (Lipinski definition) is 2. The summed E-state index contributed by atoms with van der Waals surface area (Å²) < 4.78 is 22.1. The van der Waals surface area contributed by atoms with Gasteiger partial charge in [-0.15, -0.1) is 0 Å². The predicted molar refractivity (Wildman–Crippen MR) is 75.0 cm³/mol. The molecule has 0 bridgehead atoms. The summed E-state index contributed by atoms with van der Waals surface area (Å²) in [5.41, 5.74) is 0.895. The average Bonchev–Trinajstić information content (AvgIpc) is 2.38. The number of hydrogen-bond acceptors (Lipinski definition) is 4. The van der Waals surface area contributed by atoms with Gasteiger partial charge in [-0.1, -0.05) is 6.58 Å². The van der Waals surface area contributed by atoms with Crippen LogP contribution in [0.5, 0.6) is 0 Å². The van der Waals surface area contributed by atoms with Crippen LogP contribution in [0.1, 0.15) is 6.92 Å². The van der Waals surface area contributed by atoms with Gasteiger partial charge in [-0.3, -0.25) is 4.79 Å². The quantitative estimate of drug-likeness (QED) is 0.494. The lowest BCUT2D eigenvalue weighted by Gasteiger charge is -2.06. The predicted octanol–water partition coefficient (Wildman–Crippen LogP) is 1.30. The number of nitrogens with one attached hydrogen (secondary N) is 1. The second-order valence-electron chi connectivity index (χ2n) is 3.99. The van der Waals surface area contributed by atoms with Gasteiger partial charge in [-0.2, -0.15) is 5.26 Å². The van der Waals surface area contributed by atoms with Crippen molar-refractivity contribution in [1.82, 2.24) is 0 Å². The number of nitrogens with zero attached hydrogens (tertiary/aromatic N) is 1. The second kappa shape index (κ2) is 6.14. The summed E-state index contributed by atoms with van der Waals surface area (Å²) in [6, 6.07) is 7.23. The molecule has 1 rings (SSSR count). The highest BCUT2D eigenvalue weighted by Crippen LogP contribution is 2.13.